The summed E-state index contributed by atoms with van der Waals surface area (Å²) in [6.07, 6.45) is 4.02. The van der Waals surface area contributed by atoms with Crippen molar-refractivity contribution in [1.82, 2.24) is 4.90 Å². The number of fused-ring (bicyclic) bond motifs is 2. The fraction of sp³-hybridized carbons (Fsp3) is 0.667. The average Bonchev–Trinajstić information content (AvgIpc) is 2.58. The molecule has 2 nitrogen and oxygen atoms in total. The van der Waals surface area contributed by atoms with Gasteiger partial charge in [0.25, 0.3) is 0 Å². The summed E-state index contributed by atoms with van der Waals surface area (Å²) in [5.74, 6) is 1.00. The molecule has 1 aliphatic heterocycles. The van der Waals surface area contributed by atoms with Crippen molar-refractivity contribution in [2.24, 2.45) is 10.8 Å². The molecule has 0 spiro atoms. The lowest BCUT2D eigenvalue weighted by molar-refractivity contribution is 0.126. The smallest absolute Gasteiger partial charge is 0.123 e. The van der Waals surface area contributed by atoms with E-state index in [1.165, 1.54) is 31.4 Å². The van der Waals surface area contributed by atoms with Gasteiger partial charge in [0.05, 0.1) is 7.11 Å². The number of hydrogen-bond donors (Lipinski definition) is 0. The number of methoxy groups -OCH3 is 1. The summed E-state index contributed by atoms with van der Waals surface area (Å²) < 4.78 is 6.67. The van der Waals surface area contributed by atoms with Crippen LogP contribution in [0.15, 0.2) is 22.7 Å². The lowest BCUT2D eigenvalue weighted by Gasteiger charge is -2.40. The molecular weight excluding hydrogens is 326 g/mol. The van der Waals surface area contributed by atoms with Gasteiger partial charge in [-0.2, -0.15) is 0 Å². The van der Waals surface area contributed by atoms with Gasteiger partial charge in [0, 0.05) is 29.2 Å². The summed E-state index contributed by atoms with van der Waals surface area (Å²) in [6, 6.07) is 7.04. The zero-order valence-electron chi connectivity index (χ0n) is 13.6. The molecule has 1 saturated heterocycles. The molecule has 2 aliphatic rings. The number of rotatable bonds is 3. The van der Waals surface area contributed by atoms with Crippen molar-refractivity contribution >= 4 is 15.9 Å². The average molecular weight is 352 g/mol. The van der Waals surface area contributed by atoms with Crippen LogP contribution in [0, 0.1) is 10.8 Å². The Morgan fingerprint density at radius 3 is 2.76 bits per heavy atom. The van der Waals surface area contributed by atoms with Crippen LogP contribution in [0.4, 0.5) is 0 Å². The Labute approximate surface area is 137 Å². The summed E-state index contributed by atoms with van der Waals surface area (Å²) in [5, 5.41) is 0. The summed E-state index contributed by atoms with van der Waals surface area (Å²) >= 11 is 3.59. The molecule has 3 rings (SSSR count). The maximum absolute atomic E-state index is 5.54. The molecule has 2 bridgehead atoms. The maximum Gasteiger partial charge on any atom is 0.123 e. The first kappa shape index (κ1) is 15.4. The molecule has 0 unspecified atom stereocenters. The van der Waals surface area contributed by atoms with Crippen LogP contribution in [0.2, 0.25) is 0 Å². The summed E-state index contributed by atoms with van der Waals surface area (Å²) in [6.45, 7) is 9.55. The molecule has 1 aromatic carbocycles. The SMILES string of the molecule is COc1ccc(Br)cc1CN1C[C@@]2(C)C[C@@H]1CC(C)(C)C2. The second kappa shape index (κ2) is 5.27. The summed E-state index contributed by atoms with van der Waals surface area (Å²) in [5.41, 5.74) is 2.26. The third-order valence-corrected chi connectivity index (χ3v) is 5.63. The van der Waals surface area contributed by atoms with E-state index in [2.05, 4.69) is 59.8 Å². The Hall–Kier alpha value is -0.540. The molecule has 0 N–H and O–H groups in total. The molecule has 1 aliphatic carbocycles. The third-order valence-electron chi connectivity index (χ3n) is 5.14. The number of nitrogens with zero attached hydrogens (tertiary/aromatic N) is 1. The minimum absolute atomic E-state index is 0.480. The van der Waals surface area contributed by atoms with Crippen LogP contribution in [0.1, 0.15) is 45.6 Å². The lowest BCUT2D eigenvalue weighted by atomic mass is 9.65. The van der Waals surface area contributed by atoms with E-state index >= 15 is 0 Å². The molecule has 1 aromatic rings. The van der Waals surface area contributed by atoms with Crippen LogP contribution in [-0.2, 0) is 6.54 Å². The van der Waals surface area contributed by atoms with Crippen molar-refractivity contribution in [3.63, 3.8) is 0 Å². The molecule has 116 valence electrons. The van der Waals surface area contributed by atoms with Crippen molar-refractivity contribution in [3.05, 3.63) is 28.2 Å². The van der Waals surface area contributed by atoms with Crippen LogP contribution < -0.4 is 4.74 Å². The molecule has 21 heavy (non-hydrogen) atoms. The van der Waals surface area contributed by atoms with Crippen molar-refractivity contribution in [3.8, 4) is 5.75 Å². The first-order chi connectivity index (χ1) is 9.80. The quantitative estimate of drug-likeness (QED) is 0.770. The van der Waals surface area contributed by atoms with E-state index in [0.29, 0.717) is 10.8 Å². The normalized spacial score (nSPS) is 31.4. The van der Waals surface area contributed by atoms with Crippen molar-refractivity contribution < 1.29 is 4.74 Å². The molecule has 3 heteroatoms. The van der Waals surface area contributed by atoms with Gasteiger partial charge in [-0.25, -0.2) is 0 Å². The van der Waals surface area contributed by atoms with E-state index in [9.17, 15) is 0 Å². The van der Waals surface area contributed by atoms with Crippen LogP contribution in [0.3, 0.4) is 0 Å². The number of hydrogen-bond acceptors (Lipinski definition) is 2. The first-order valence-electron chi connectivity index (χ1n) is 7.87. The molecular formula is C18H26BrNO. The van der Waals surface area contributed by atoms with Gasteiger partial charge in [0.2, 0.25) is 0 Å². The highest BCUT2D eigenvalue weighted by atomic mass is 79.9. The molecule has 0 amide bonds. The van der Waals surface area contributed by atoms with E-state index in [0.717, 1.165) is 22.8 Å². The Morgan fingerprint density at radius 2 is 2.05 bits per heavy atom. The maximum atomic E-state index is 5.54. The number of halogens is 1. The van der Waals surface area contributed by atoms with Crippen LogP contribution in [-0.4, -0.2) is 24.6 Å². The van der Waals surface area contributed by atoms with E-state index in [-0.39, 0.29) is 0 Å². The van der Waals surface area contributed by atoms with Crippen molar-refractivity contribution in [2.75, 3.05) is 13.7 Å². The van der Waals surface area contributed by atoms with Gasteiger partial charge in [-0.05, 0) is 48.3 Å². The number of likely N-dealkylation sites (tertiary alicyclic amines) is 1. The third kappa shape index (κ3) is 3.14. The van der Waals surface area contributed by atoms with Crippen molar-refractivity contribution in [1.29, 1.82) is 0 Å². The Bertz CT molecular complexity index is 542. The summed E-state index contributed by atoms with van der Waals surface area (Å²) in [7, 11) is 1.76. The van der Waals surface area contributed by atoms with E-state index in [1.807, 2.05) is 0 Å². The standard InChI is InChI=1S/C18H26BrNO/c1-17(2)8-15-9-18(3,11-17)12-20(15)10-13-7-14(19)5-6-16(13)21-4/h5-7,15H,8-12H2,1-4H3/t15-,18-/m0/s1. The highest BCUT2D eigenvalue weighted by Gasteiger charge is 2.49. The van der Waals surface area contributed by atoms with E-state index in [1.54, 1.807) is 7.11 Å². The van der Waals surface area contributed by atoms with Gasteiger partial charge in [0.1, 0.15) is 5.75 Å². The minimum Gasteiger partial charge on any atom is -0.496 e. The van der Waals surface area contributed by atoms with Crippen molar-refractivity contribution in [2.45, 2.75) is 52.6 Å². The molecule has 1 saturated carbocycles. The minimum atomic E-state index is 0.480. The highest BCUT2D eigenvalue weighted by Crippen LogP contribution is 2.52. The monoisotopic (exact) mass is 351 g/mol. The largest absolute Gasteiger partial charge is 0.496 e. The van der Waals surface area contributed by atoms with Crippen LogP contribution in [0.25, 0.3) is 0 Å². The van der Waals surface area contributed by atoms with Gasteiger partial charge in [-0.3, -0.25) is 4.90 Å². The predicted octanol–water partition coefficient (Wildman–Crippen LogP) is 4.86. The fourth-order valence-electron chi connectivity index (χ4n) is 4.85. The Morgan fingerprint density at radius 1 is 1.29 bits per heavy atom. The Kier molecular flexibility index (Phi) is 3.86. The molecule has 2 fully saturated rings. The van der Waals surface area contributed by atoms with Gasteiger partial charge in [-0.15, -0.1) is 0 Å². The molecule has 1 heterocycles. The van der Waals surface area contributed by atoms with E-state index < -0.39 is 0 Å². The number of benzene rings is 1. The summed E-state index contributed by atoms with van der Waals surface area (Å²) in [4.78, 5) is 2.68. The second-order valence-electron chi connectivity index (χ2n) is 8.07. The topological polar surface area (TPSA) is 12.5 Å². The zero-order valence-corrected chi connectivity index (χ0v) is 15.2. The first-order valence-corrected chi connectivity index (χ1v) is 8.66. The lowest BCUT2D eigenvalue weighted by Crippen LogP contribution is -2.34. The van der Waals surface area contributed by atoms with Gasteiger partial charge < -0.3 is 4.74 Å². The predicted molar refractivity (Wildman–Crippen MR) is 90.6 cm³/mol. The van der Waals surface area contributed by atoms with Gasteiger partial charge in [-0.1, -0.05) is 36.7 Å². The highest BCUT2D eigenvalue weighted by molar-refractivity contribution is 9.10. The number of ether oxygens (including phenoxy) is 1. The Balaban J connectivity index is 1.82. The molecule has 0 aromatic heterocycles. The molecule has 2 atom stereocenters. The van der Waals surface area contributed by atoms with Gasteiger partial charge in [0.15, 0.2) is 0 Å². The van der Waals surface area contributed by atoms with Gasteiger partial charge >= 0.3 is 0 Å². The van der Waals surface area contributed by atoms with E-state index in [4.69, 9.17) is 4.74 Å². The van der Waals surface area contributed by atoms with Crippen LogP contribution in [0.5, 0.6) is 5.75 Å². The van der Waals surface area contributed by atoms with Crippen LogP contribution >= 0.6 is 15.9 Å². The zero-order chi connectivity index (χ0) is 15.3. The molecule has 0 radical (unpaired) electrons. The fourth-order valence-corrected chi connectivity index (χ4v) is 5.26. The second-order valence-corrected chi connectivity index (χ2v) is 8.99.